The molecule has 1 heterocycles. The normalized spacial score (nSPS) is 10.1. The first-order valence-corrected chi connectivity index (χ1v) is 5.75. The monoisotopic (exact) mass is 244 g/mol. The van der Waals surface area contributed by atoms with E-state index in [1.165, 1.54) is 0 Å². The molecule has 1 aromatic carbocycles. The van der Waals surface area contributed by atoms with Crippen LogP contribution in [0.3, 0.4) is 0 Å². The third-order valence-electron chi connectivity index (χ3n) is 2.83. The van der Waals surface area contributed by atoms with Crippen LogP contribution in [-0.4, -0.2) is 22.9 Å². The molecule has 5 nitrogen and oxygen atoms in total. The van der Waals surface area contributed by atoms with Crippen LogP contribution >= 0.6 is 0 Å². The summed E-state index contributed by atoms with van der Waals surface area (Å²) >= 11 is 0. The molecule has 0 aliphatic rings. The van der Waals surface area contributed by atoms with Crippen LogP contribution in [0.2, 0.25) is 0 Å². The SMILES string of the molecule is CNC(=O)c1cccc(NCc2cnc[nH]2)c1C. The van der Waals surface area contributed by atoms with E-state index in [4.69, 9.17) is 0 Å². The quantitative estimate of drug-likeness (QED) is 0.766. The molecule has 94 valence electrons. The minimum atomic E-state index is -0.0716. The molecule has 0 bridgehead atoms. The molecule has 0 saturated carbocycles. The second-order valence-corrected chi connectivity index (χ2v) is 3.99. The van der Waals surface area contributed by atoms with Crippen molar-refractivity contribution in [2.75, 3.05) is 12.4 Å². The summed E-state index contributed by atoms with van der Waals surface area (Å²) in [5.41, 5.74) is 3.58. The fourth-order valence-electron chi connectivity index (χ4n) is 1.78. The summed E-state index contributed by atoms with van der Waals surface area (Å²) in [6.45, 7) is 2.58. The molecule has 2 aromatic rings. The van der Waals surface area contributed by atoms with E-state index < -0.39 is 0 Å². The molecule has 5 heteroatoms. The van der Waals surface area contributed by atoms with Crippen molar-refractivity contribution in [1.29, 1.82) is 0 Å². The molecular weight excluding hydrogens is 228 g/mol. The van der Waals surface area contributed by atoms with Crippen molar-refractivity contribution in [2.24, 2.45) is 0 Å². The van der Waals surface area contributed by atoms with E-state index in [0.717, 1.165) is 16.9 Å². The van der Waals surface area contributed by atoms with Gasteiger partial charge < -0.3 is 15.6 Å². The number of H-pyrrole nitrogens is 1. The largest absolute Gasteiger partial charge is 0.379 e. The van der Waals surface area contributed by atoms with E-state index in [-0.39, 0.29) is 5.91 Å². The maximum absolute atomic E-state index is 11.7. The molecule has 0 aliphatic carbocycles. The van der Waals surface area contributed by atoms with Crippen molar-refractivity contribution in [2.45, 2.75) is 13.5 Å². The van der Waals surface area contributed by atoms with Crippen molar-refractivity contribution in [3.63, 3.8) is 0 Å². The number of anilines is 1. The molecule has 0 aliphatic heterocycles. The lowest BCUT2D eigenvalue weighted by Crippen LogP contribution is -2.19. The van der Waals surface area contributed by atoms with Crippen molar-refractivity contribution in [1.82, 2.24) is 15.3 Å². The van der Waals surface area contributed by atoms with Gasteiger partial charge in [0.1, 0.15) is 0 Å². The molecule has 0 saturated heterocycles. The van der Waals surface area contributed by atoms with Gasteiger partial charge in [-0.15, -0.1) is 0 Å². The Kier molecular flexibility index (Phi) is 3.62. The van der Waals surface area contributed by atoms with Crippen LogP contribution < -0.4 is 10.6 Å². The summed E-state index contributed by atoms with van der Waals surface area (Å²) in [6.07, 6.45) is 3.41. The highest BCUT2D eigenvalue weighted by molar-refractivity contribution is 5.96. The van der Waals surface area contributed by atoms with Gasteiger partial charge in [-0.2, -0.15) is 0 Å². The number of benzene rings is 1. The summed E-state index contributed by atoms with van der Waals surface area (Å²) in [5, 5.41) is 5.92. The van der Waals surface area contributed by atoms with Gasteiger partial charge in [-0.3, -0.25) is 4.79 Å². The Balaban J connectivity index is 2.16. The van der Waals surface area contributed by atoms with Gasteiger partial charge in [-0.25, -0.2) is 4.98 Å². The average molecular weight is 244 g/mol. The second kappa shape index (κ2) is 5.35. The molecule has 18 heavy (non-hydrogen) atoms. The van der Waals surface area contributed by atoms with Crippen molar-refractivity contribution in [3.05, 3.63) is 47.5 Å². The number of nitrogens with one attached hydrogen (secondary N) is 3. The minimum Gasteiger partial charge on any atom is -0.379 e. The number of carbonyl (C=O) groups is 1. The molecule has 1 aromatic heterocycles. The summed E-state index contributed by atoms with van der Waals surface area (Å²) in [4.78, 5) is 18.6. The van der Waals surface area contributed by atoms with Crippen LogP contribution in [0.4, 0.5) is 5.69 Å². The highest BCUT2D eigenvalue weighted by Gasteiger charge is 2.09. The van der Waals surface area contributed by atoms with E-state index in [9.17, 15) is 4.79 Å². The zero-order valence-corrected chi connectivity index (χ0v) is 10.4. The van der Waals surface area contributed by atoms with Gasteiger partial charge in [-0.05, 0) is 24.6 Å². The highest BCUT2D eigenvalue weighted by Crippen LogP contribution is 2.19. The molecule has 3 N–H and O–H groups in total. The first-order chi connectivity index (χ1) is 8.72. The molecule has 1 amide bonds. The van der Waals surface area contributed by atoms with Crippen molar-refractivity contribution >= 4 is 11.6 Å². The molecule has 0 spiro atoms. The number of hydrogen-bond donors (Lipinski definition) is 3. The molecule has 0 fully saturated rings. The predicted octanol–water partition coefficient (Wildman–Crippen LogP) is 1.69. The number of hydrogen-bond acceptors (Lipinski definition) is 3. The van der Waals surface area contributed by atoms with Crippen LogP contribution in [0.25, 0.3) is 0 Å². The van der Waals surface area contributed by atoms with Crippen LogP contribution in [-0.2, 0) is 6.54 Å². The van der Waals surface area contributed by atoms with E-state index in [1.54, 1.807) is 19.6 Å². The number of aromatic nitrogens is 2. The van der Waals surface area contributed by atoms with E-state index >= 15 is 0 Å². The van der Waals surface area contributed by atoms with Crippen LogP contribution in [0.5, 0.6) is 0 Å². The Bertz CT molecular complexity index is 534. The van der Waals surface area contributed by atoms with E-state index in [1.807, 2.05) is 25.1 Å². The zero-order chi connectivity index (χ0) is 13.0. The van der Waals surface area contributed by atoms with E-state index in [2.05, 4.69) is 20.6 Å². The first kappa shape index (κ1) is 12.2. The van der Waals surface area contributed by atoms with Gasteiger partial charge in [0.25, 0.3) is 5.91 Å². The topological polar surface area (TPSA) is 69.8 Å². The highest BCUT2D eigenvalue weighted by atomic mass is 16.1. The maximum atomic E-state index is 11.7. The number of aromatic amines is 1. The standard InChI is InChI=1S/C13H16N4O/c1-9-11(13(18)14-2)4-3-5-12(9)16-7-10-6-15-8-17-10/h3-6,8,16H,7H2,1-2H3,(H,14,18)(H,15,17). The summed E-state index contributed by atoms with van der Waals surface area (Å²) in [6, 6.07) is 5.64. The van der Waals surface area contributed by atoms with Gasteiger partial charge in [0, 0.05) is 24.5 Å². The smallest absolute Gasteiger partial charge is 0.251 e. The lowest BCUT2D eigenvalue weighted by molar-refractivity contribution is 0.0962. The molecule has 0 atom stereocenters. The summed E-state index contributed by atoms with van der Waals surface area (Å²) < 4.78 is 0. The van der Waals surface area contributed by atoms with Gasteiger partial charge >= 0.3 is 0 Å². The second-order valence-electron chi connectivity index (χ2n) is 3.99. The Labute approximate surface area is 106 Å². The number of imidazole rings is 1. The summed E-state index contributed by atoms with van der Waals surface area (Å²) in [7, 11) is 1.63. The molecule has 0 radical (unpaired) electrons. The first-order valence-electron chi connectivity index (χ1n) is 5.75. The maximum Gasteiger partial charge on any atom is 0.251 e. The number of nitrogens with zero attached hydrogens (tertiary/aromatic N) is 1. The van der Waals surface area contributed by atoms with Crippen molar-refractivity contribution < 1.29 is 4.79 Å². The Morgan fingerprint density at radius 2 is 2.28 bits per heavy atom. The number of carbonyl (C=O) groups excluding carboxylic acids is 1. The summed E-state index contributed by atoms with van der Waals surface area (Å²) in [5.74, 6) is -0.0716. The molecule has 0 unspecified atom stereocenters. The Morgan fingerprint density at radius 3 is 2.94 bits per heavy atom. The minimum absolute atomic E-state index is 0.0716. The van der Waals surface area contributed by atoms with E-state index in [0.29, 0.717) is 12.1 Å². The fraction of sp³-hybridized carbons (Fsp3) is 0.231. The lowest BCUT2D eigenvalue weighted by Gasteiger charge is -2.11. The van der Waals surface area contributed by atoms with Crippen molar-refractivity contribution in [3.8, 4) is 0 Å². The lowest BCUT2D eigenvalue weighted by atomic mass is 10.1. The van der Waals surface area contributed by atoms with Crippen LogP contribution in [0.15, 0.2) is 30.7 Å². The third-order valence-corrected chi connectivity index (χ3v) is 2.83. The van der Waals surface area contributed by atoms with Gasteiger partial charge in [0.2, 0.25) is 0 Å². The Morgan fingerprint density at radius 1 is 1.44 bits per heavy atom. The van der Waals surface area contributed by atoms with Gasteiger partial charge in [-0.1, -0.05) is 6.07 Å². The fourth-order valence-corrected chi connectivity index (χ4v) is 1.78. The van der Waals surface area contributed by atoms with Crippen LogP contribution in [0, 0.1) is 6.92 Å². The van der Waals surface area contributed by atoms with Crippen LogP contribution in [0.1, 0.15) is 21.6 Å². The average Bonchev–Trinajstić information content (AvgIpc) is 2.90. The zero-order valence-electron chi connectivity index (χ0n) is 10.4. The predicted molar refractivity (Wildman–Crippen MR) is 70.5 cm³/mol. The third kappa shape index (κ3) is 2.51. The molecule has 2 rings (SSSR count). The Hall–Kier alpha value is -2.30. The molecular formula is C13H16N4O. The number of rotatable bonds is 4. The number of amides is 1. The van der Waals surface area contributed by atoms with Gasteiger partial charge in [0.15, 0.2) is 0 Å². The van der Waals surface area contributed by atoms with Gasteiger partial charge in [0.05, 0.1) is 18.6 Å².